The third kappa shape index (κ3) is 5.87. The topological polar surface area (TPSA) is 98.1 Å². The van der Waals surface area contributed by atoms with Gasteiger partial charge >= 0.3 is 0 Å². The number of methoxy groups -OCH3 is 2. The van der Waals surface area contributed by atoms with Crippen molar-refractivity contribution in [2.24, 2.45) is 0 Å². The molecule has 0 spiro atoms. The van der Waals surface area contributed by atoms with Crippen molar-refractivity contribution in [1.29, 1.82) is 0 Å². The average molecular weight is 394 g/mol. The second-order valence-corrected chi connectivity index (χ2v) is 7.80. The minimum Gasteiger partial charge on any atom is -0.497 e. The molecular formula is C18H22N2O6S. The van der Waals surface area contributed by atoms with Gasteiger partial charge in [0.1, 0.15) is 23.0 Å². The number of nitrogens with zero attached hydrogens (tertiary/aromatic N) is 1. The number of nitrogens with one attached hydrogen (secondary N) is 1. The van der Waals surface area contributed by atoms with Crippen molar-refractivity contribution in [2.45, 2.75) is 6.54 Å². The van der Waals surface area contributed by atoms with Gasteiger partial charge in [-0.05, 0) is 30.3 Å². The average Bonchev–Trinajstić information content (AvgIpc) is 3.07. The summed E-state index contributed by atoms with van der Waals surface area (Å²) in [7, 11) is 1.21. The van der Waals surface area contributed by atoms with E-state index in [2.05, 4.69) is 5.32 Å². The highest BCUT2D eigenvalue weighted by Gasteiger charge is 2.13. The summed E-state index contributed by atoms with van der Waals surface area (Å²) < 4.78 is 39.9. The molecule has 146 valence electrons. The van der Waals surface area contributed by atoms with Gasteiger partial charge in [-0.2, -0.15) is 4.31 Å². The first-order chi connectivity index (χ1) is 12.7. The van der Waals surface area contributed by atoms with Gasteiger partial charge in [0.15, 0.2) is 0 Å². The van der Waals surface area contributed by atoms with Crippen molar-refractivity contribution in [3.63, 3.8) is 0 Å². The molecule has 1 N–H and O–H groups in total. The first-order valence-electron chi connectivity index (χ1n) is 7.94. The molecule has 1 aromatic carbocycles. The number of hydrogen-bond acceptors (Lipinski definition) is 6. The van der Waals surface area contributed by atoms with Crippen molar-refractivity contribution in [1.82, 2.24) is 4.31 Å². The fourth-order valence-corrected chi connectivity index (χ4v) is 2.50. The van der Waals surface area contributed by atoms with Crippen LogP contribution in [-0.2, 0) is 21.4 Å². The fourth-order valence-electron chi connectivity index (χ4n) is 2.14. The van der Waals surface area contributed by atoms with E-state index in [4.69, 9.17) is 13.9 Å². The van der Waals surface area contributed by atoms with Crippen LogP contribution in [0, 0.1) is 0 Å². The number of anilines is 1. The lowest BCUT2D eigenvalue weighted by atomic mass is 10.2. The zero-order valence-electron chi connectivity index (χ0n) is 15.6. The molecule has 0 saturated heterocycles. The van der Waals surface area contributed by atoms with Crippen LogP contribution in [0.1, 0.15) is 11.5 Å². The Labute approximate surface area is 158 Å². The minimum absolute atomic E-state index is 0.113. The molecular weight excluding hydrogens is 372 g/mol. The Kier molecular flexibility index (Phi) is 6.65. The normalized spacial score (nSPS) is 11.7. The first kappa shape index (κ1) is 20.5. The molecule has 0 bridgehead atoms. The van der Waals surface area contributed by atoms with E-state index in [9.17, 15) is 13.2 Å². The van der Waals surface area contributed by atoms with Crippen molar-refractivity contribution in [2.75, 3.05) is 32.8 Å². The second kappa shape index (κ2) is 8.74. The predicted octanol–water partition coefficient (Wildman–Crippen LogP) is 2.34. The molecule has 0 unspecified atom stereocenters. The molecule has 0 radical (unpaired) electrons. The van der Waals surface area contributed by atoms with Crippen LogP contribution in [0.25, 0.3) is 6.08 Å². The molecule has 8 nitrogen and oxygen atoms in total. The first-order valence-corrected chi connectivity index (χ1v) is 9.79. The number of carbonyl (C=O) groups is 1. The van der Waals surface area contributed by atoms with E-state index in [1.54, 1.807) is 37.4 Å². The van der Waals surface area contributed by atoms with Gasteiger partial charge in [0, 0.05) is 19.2 Å². The SMILES string of the molecule is COc1ccc(NC(=O)/C=C/c2ccc(CN(C)S(C)(=O)=O)o2)c(OC)c1. The summed E-state index contributed by atoms with van der Waals surface area (Å²) in [4.78, 5) is 12.1. The Hall–Kier alpha value is -2.78. The van der Waals surface area contributed by atoms with Gasteiger partial charge < -0.3 is 19.2 Å². The third-order valence-electron chi connectivity index (χ3n) is 3.69. The maximum absolute atomic E-state index is 12.1. The maximum atomic E-state index is 12.1. The highest BCUT2D eigenvalue weighted by atomic mass is 32.2. The number of rotatable bonds is 8. The van der Waals surface area contributed by atoms with Gasteiger partial charge in [-0.25, -0.2) is 8.42 Å². The van der Waals surface area contributed by atoms with Gasteiger partial charge in [-0.3, -0.25) is 4.79 Å². The summed E-state index contributed by atoms with van der Waals surface area (Å²) in [6.45, 7) is 0.113. The molecule has 1 amide bonds. The fraction of sp³-hybridized carbons (Fsp3) is 0.278. The van der Waals surface area contributed by atoms with Gasteiger partial charge in [0.2, 0.25) is 15.9 Å². The largest absolute Gasteiger partial charge is 0.497 e. The van der Waals surface area contributed by atoms with Gasteiger partial charge in [-0.1, -0.05) is 0 Å². The van der Waals surface area contributed by atoms with E-state index in [0.717, 1.165) is 6.26 Å². The van der Waals surface area contributed by atoms with E-state index in [1.165, 1.54) is 30.6 Å². The van der Waals surface area contributed by atoms with E-state index in [0.29, 0.717) is 28.7 Å². The molecule has 27 heavy (non-hydrogen) atoms. The number of hydrogen-bond donors (Lipinski definition) is 1. The quantitative estimate of drug-likeness (QED) is 0.690. The van der Waals surface area contributed by atoms with Crippen LogP contribution in [-0.4, -0.2) is 46.2 Å². The predicted molar refractivity (Wildman–Crippen MR) is 102 cm³/mol. The second-order valence-electron chi connectivity index (χ2n) is 5.71. The molecule has 2 rings (SSSR count). The van der Waals surface area contributed by atoms with E-state index in [-0.39, 0.29) is 12.5 Å². The lowest BCUT2D eigenvalue weighted by Crippen LogP contribution is -2.24. The lowest BCUT2D eigenvalue weighted by Gasteiger charge is -2.11. The number of carbonyl (C=O) groups excluding carboxylic acids is 1. The number of sulfonamides is 1. The van der Waals surface area contributed by atoms with Crippen molar-refractivity contribution in [3.8, 4) is 11.5 Å². The summed E-state index contributed by atoms with van der Waals surface area (Å²) in [6, 6.07) is 8.36. The number of ether oxygens (including phenoxy) is 2. The smallest absolute Gasteiger partial charge is 0.248 e. The van der Waals surface area contributed by atoms with Crippen LogP contribution in [0.5, 0.6) is 11.5 Å². The van der Waals surface area contributed by atoms with Crippen LogP contribution in [0.15, 0.2) is 40.8 Å². The highest BCUT2D eigenvalue weighted by molar-refractivity contribution is 7.88. The Morgan fingerprint density at radius 3 is 2.59 bits per heavy atom. The molecule has 2 aromatic rings. The molecule has 0 fully saturated rings. The van der Waals surface area contributed by atoms with Gasteiger partial charge in [-0.15, -0.1) is 0 Å². The van der Waals surface area contributed by atoms with Crippen molar-refractivity contribution in [3.05, 3.63) is 47.9 Å². The highest BCUT2D eigenvalue weighted by Crippen LogP contribution is 2.29. The van der Waals surface area contributed by atoms with Crippen LogP contribution in [0.4, 0.5) is 5.69 Å². The standard InChI is InChI=1S/C18H22N2O6S/c1-20(27(4,22)23)12-15-6-5-13(26-15)8-10-18(21)19-16-9-7-14(24-2)11-17(16)25-3/h5-11H,12H2,1-4H3,(H,19,21)/b10-8+. The molecule has 0 aliphatic rings. The summed E-state index contributed by atoms with van der Waals surface area (Å²) in [6.07, 6.45) is 3.93. The molecule has 0 atom stereocenters. The monoisotopic (exact) mass is 394 g/mol. The number of amides is 1. The number of furan rings is 1. The van der Waals surface area contributed by atoms with Crippen molar-refractivity contribution < 1.29 is 27.1 Å². The maximum Gasteiger partial charge on any atom is 0.248 e. The summed E-state index contributed by atoms with van der Waals surface area (Å²) in [5.41, 5.74) is 0.503. The van der Waals surface area contributed by atoms with Crippen LogP contribution < -0.4 is 14.8 Å². The molecule has 0 aliphatic heterocycles. The van der Waals surface area contributed by atoms with Crippen LogP contribution in [0.2, 0.25) is 0 Å². The lowest BCUT2D eigenvalue weighted by molar-refractivity contribution is -0.111. The molecule has 1 heterocycles. The van der Waals surface area contributed by atoms with E-state index < -0.39 is 10.0 Å². The zero-order chi connectivity index (χ0) is 20.0. The summed E-state index contributed by atoms with van der Waals surface area (Å²) in [5.74, 6) is 1.62. The molecule has 0 aliphatic carbocycles. The summed E-state index contributed by atoms with van der Waals surface area (Å²) in [5, 5.41) is 2.71. The molecule has 0 saturated carbocycles. The molecule has 1 aromatic heterocycles. The number of benzene rings is 1. The van der Waals surface area contributed by atoms with Crippen LogP contribution in [0.3, 0.4) is 0 Å². The van der Waals surface area contributed by atoms with E-state index in [1.807, 2.05) is 0 Å². The van der Waals surface area contributed by atoms with Gasteiger partial charge in [0.25, 0.3) is 0 Å². The van der Waals surface area contributed by atoms with Crippen molar-refractivity contribution >= 4 is 27.7 Å². The zero-order valence-corrected chi connectivity index (χ0v) is 16.4. The Morgan fingerprint density at radius 1 is 1.22 bits per heavy atom. The third-order valence-corrected chi connectivity index (χ3v) is 4.95. The Bertz CT molecular complexity index is 933. The summed E-state index contributed by atoms with van der Waals surface area (Å²) >= 11 is 0. The van der Waals surface area contributed by atoms with Gasteiger partial charge in [0.05, 0.1) is 32.7 Å². The molecule has 9 heteroatoms. The minimum atomic E-state index is -3.29. The van der Waals surface area contributed by atoms with Crippen LogP contribution >= 0.6 is 0 Å². The van der Waals surface area contributed by atoms with E-state index >= 15 is 0 Å². The Balaban J connectivity index is 2.01. The Morgan fingerprint density at radius 2 is 1.96 bits per heavy atom.